The van der Waals surface area contributed by atoms with Gasteiger partial charge in [-0.15, -0.1) is 0 Å². The molecule has 0 bridgehead atoms. The number of carbonyl (C=O) groups excluding carboxylic acids is 1. The highest BCUT2D eigenvalue weighted by atomic mass is 32.2. The van der Waals surface area contributed by atoms with Crippen LogP contribution in [0.4, 0.5) is 0 Å². The number of phenolic OH excluding ortho intramolecular Hbond substituents is 1. The topological polar surface area (TPSA) is 71.5 Å². The van der Waals surface area contributed by atoms with Crippen molar-refractivity contribution < 1.29 is 14.6 Å². The Bertz CT molecular complexity index is 592. The van der Waals surface area contributed by atoms with Crippen molar-refractivity contribution in [3.05, 3.63) is 54.4 Å². The van der Waals surface area contributed by atoms with E-state index in [4.69, 9.17) is 4.74 Å². The fourth-order valence-electron chi connectivity index (χ4n) is 1.75. The van der Waals surface area contributed by atoms with E-state index in [0.717, 1.165) is 10.5 Å². The lowest BCUT2D eigenvalue weighted by atomic mass is 10.1. The van der Waals surface area contributed by atoms with Crippen molar-refractivity contribution in [2.24, 2.45) is 0 Å². The third-order valence-electron chi connectivity index (χ3n) is 2.82. The standard InChI is InChI=1S/C15H16N2O3S/c1-20-15(19)9-14(11-4-3-7-16-10-11)17-21-13-6-2-5-12(18)8-13/h2-8,10,14,17-18H,9H2,1H3. The van der Waals surface area contributed by atoms with Gasteiger partial charge in [0.25, 0.3) is 0 Å². The van der Waals surface area contributed by atoms with Crippen molar-refractivity contribution in [2.45, 2.75) is 17.4 Å². The molecule has 0 aliphatic heterocycles. The maximum Gasteiger partial charge on any atom is 0.307 e. The molecular weight excluding hydrogens is 288 g/mol. The number of pyridine rings is 1. The second kappa shape index (κ2) is 7.66. The SMILES string of the molecule is COC(=O)CC(NSc1cccc(O)c1)c1cccnc1. The summed E-state index contributed by atoms with van der Waals surface area (Å²) >= 11 is 1.34. The molecule has 0 spiro atoms. The minimum absolute atomic E-state index is 0.202. The summed E-state index contributed by atoms with van der Waals surface area (Å²) in [6, 6.07) is 10.4. The van der Waals surface area contributed by atoms with Crippen LogP contribution in [0.2, 0.25) is 0 Å². The highest BCUT2D eigenvalue weighted by molar-refractivity contribution is 7.97. The number of benzene rings is 1. The van der Waals surface area contributed by atoms with E-state index in [9.17, 15) is 9.90 Å². The Morgan fingerprint density at radius 2 is 2.29 bits per heavy atom. The Hall–Kier alpha value is -2.05. The summed E-state index contributed by atoms with van der Waals surface area (Å²) in [6.45, 7) is 0. The van der Waals surface area contributed by atoms with Gasteiger partial charge in [-0.05, 0) is 41.8 Å². The highest BCUT2D eigenvalue weighted by Gasteiger charge is 2.16. The molecule has 0 aliphatic carbocycles. The summed E-state index contributed by atoms with van der Waals surface area (Å²) in [7, 11) is 1.37. The first-order chi connectivity index (χ1) is 10.2. The molecule has 21 heavy (non-hydrogen) atoms. The summed E-state index contributed by atoms with van der Waals surface area (Å²) in [5, 5.41) is 9.45. The Morgan fingerprint density at radius 3 is 2.95 bits per heavy atom. The fraction of sp³-hybridized carbons (Fsp3) is 0.200. The molecule has 110 valence electrons. The molecule has 0 saturated heterocycles. The van der Waals surface area contributed by atoms with Crippen LogP contribution in [-0.4, -0.2) is 23.2 Å². The number of rotatable bonds is 6. The van der Waals surface area contributed by atoms with Gasteiger partial charge in [0.15, 0.2) is 0 Å². The lowest BCUT2D eigenvalue weighted by molar-refractivity contribution is -0.141. The normalized spacial score (nSPS) is 11.9. The minimum Gasteiger partial charge on any atom is -0.508 e. The number of ether oxygens (including phenoxy) is 1. The zero-order chi connectivity index (χ0) is 15.1. The van der Waals surface area contributed by atoms with Gasteiger partial charge in [-0.3, -0.25) is 14.5 Å². The van der Waals surface area contributed by atoms with Crippen molar-refractivity contribution in [3.8, 4) is 5.75 Å². The predicted molar refractivity (Wildman–Crippen MR) is 80.7 cm³/mol. The van der Waals surface area contributed by atoms with Gasteiger partial charge in [0.2, 0.25) is 0 Å². The molecule has 1 atom stereocenters. The van der Waals surface area contributed by atoms with E-state index >= 15 is 0 Å². The Kier molecular flexibility index (Phi) is 5.59. The second-order valence-corrected chi connectivity index (χ2v) is 5.25. The summed E-state index contributed by atoms with van der Waals surface area (Å²) in [4.78, 5) is 16.5. The van der Waals surface area contributed by atoms with Gasteiger partial charge in [0.05, 0.1) is 19.6 Å². The third-order valence-corrected chi connectivity index (χ3v) is 3.71. The zero-order valence-electron chi connectivity index (χ0n) is 11.5. The molecule has 1 unspecified atom stereocenters. The smallest absolute Gasteiger partial charge is 0.307 e. The number of aromatic nitrogens is 1. The van der Waals surface area contributed by atoms with Gasteiger partial charge in [-0.2, -0.15) is 0 Å². The average Bonchev–Trinajstić information content (AvgIpc) is 2.52. The lowest BCUT2D eigenvalue weighted by Crippen LogP contribution is -2.19. The maximum atomic E-state index is 11.5. The van der Waals surface area contributed by atoms with Crippen LogP contribution in [-0.2, 0) is 9.53 Å². The molecule has 2 aromatic rings. The second-order valence-electron chi connectivity index (χ2n) is 4.34. The van der Waals surface area contributed by atoms with E-state index in [0.29, 0.717) is 0 Å². The molecule has 1 aromatic heterocycles. The van der Waals surface area contributed by atoms with Crippen LogP contribution in [0.3, 0.4) is 0 Å². The van der Waals surface area contributed by atoms with E-state index in [1.807, 2.05) is 18.2 Å². The number of esters is 1. The number of phenols is 1. The monoisotopic (exact) mass is 304 g/mol. The van der Waals surface area contributed by atoms with Crippen molar-refractivity contribution in [2.75, 3.05) is 7.11 Å². The summed E-state index contributed by atoms with van der Waals surface area (Å²) in [5.74, 6) is -0.0967. The van der Waals surface area contributed by atoms with Crippen molar-refractivity contribution >= 4 is 17.9 Å². The first-order valence-electron chi connectivity index (χ1n) is 6.37. The quantitative estimate of drug-likeness (QED) is 0.631. The number of hydrogen-bond acceptors (Lipinski definition) is 6. The molecule has 6 heteroatoms. The number of carbonyl (C=O) groups is 1. The third kappa shape index (κ3) is 4.77. The summed E-state index contributed by atoms with van der Waals surface area (Å²) < 4.78 is 7.93. The Balaban J connectivity index is 2.07. The molecule has 1 heterocycles. The highest BCUT2D eigenvalue weighted by Crippen LogP contribution is 2.25. The molecule has 0 amide bonds. The number of methoxy groups -OCH3 is 1. The molecule has 0 radical (unpaired) electrons. The Morgan fingerprint density at radius 1 is 1.43 bits per heavy atom. The first kappa shape index (κ1) is 15.3. The van der Waals surface area contributed by atoms with Gasteiger partial charge in [-0.25, -0.2) is 0 Å². The average molecular weight is 304 g/mol. The number of aromatic hydroxyl groups is 1. The number of nitrogens with one attached hydrogen (secondary N) is 1. The van der Waals surface area contributed by atoms with Crippen molar-refractivity contribution in [1.82, 2.24) is 9.71 Å². The molecule has 5 nitrogen and oxygen atoms in total. The summed E-state index contributed by atoms with van der Waals surface area (Å²) in [5.41, 5.74) is 0.899. The number of hydrogen-bond donors (Lipinski definition) is 2. The lowest BCUT2D eigenvalue weighted by Gasteiger charge is -2.17. The van der Waals surface area contributed by atoms with Gasteiger partial charge in [0, 0.05) is 17.3 Å². The van der Waals surface area contributed by atoms with Crippen LogP contribution in [0, 0.1) is 0 Å². The van der Waals surface area contributed by atoms with E-state index in [-0.39, 0.29) is 24.2 Å². The number of nitrogens with zero attached hydrogens (tertiary/aromatic N) is 1. The minimum atomic E-state index is -0.298. The fourth-order valence-corrected chi connectivity index (χ4v) is 2.57. The van der Waals surface area contributed by atoms with Gasteiger partial charge in [-0.1, -0.05) is 12.1 Å². The maximum absolute atomic E-state index is 11.5. The first-order valence-corrected chi connectivity index (χ1v) is 7.19. The molecule has 0 fully saturated rings. The van der Waals surface area contributed by atoms with Crippen LogP contribution < -0.4 is 4.72 Å². The molecule has 0 aliphatic rings. The van der Waals surface area contributed by atoms with Crippen LogP contribution >= 0.6 is 11.9 Å². The predicted octanol–water partition coefficient (Wildman–Crippen LogP) is 2.69. The van der Waals surface area contributed by atoms with Crippen molar-refractivity contribution in [3.63, 3.8) is 0 Å². The molecule has 2 rings (SSSR count). The van der Waals surface area contributed by atoms with Gasteiger partial charge < -0.3 is 9.84 Å². The molecule has 0 saturated carbocycles. The van der Waals surface area contributed by atoms with Crippen LogP contribution in [0.25, 0.3) is 0 Å². The molecule has 1 aromatic carbocycles. The van der Waals surface area contributed by atoms with Crippen LogP contribution in [0.15, 0.2) is 53.7 Å². The van der Waals surface area contributed by atoms with E-state index in [2.05, 4.69) is 9.71 Å². The Labute approximate surface area is 127 Å². The van der Waals surface area contributed by atoms with E-state index in [1.54, 1.807) is 30.6 Å². The van der Waals surface area contributed by atoms with Crippen LogP contribution in [0.5, 0.6) is 5.75 Å². The zero-order valence-corrected chi connectivity index (χ0v) is 12.3. The van der Waals surface area contributed by atoms with Gasteiger partial charge in [0.1, 0.15) is 5.75 Å². The summed E-state index contributed by atoms with van der Waals surface area (Å²) in [6.07, 6.45) is 3.60. The van der Waals surface area contributed by atoms with Crippen molar-refractivity contribution in [1.29, 1.82) is 0 Å². The van der Waals surface area contributed by atoms with E-state index in [1.165, 1.54) is 19.1 Å². The molecule has 2 N–H and O–H groups in total. The molecular formula is C15H16N2O3S. The van der Waals surface area contributed by atoms with Crippen LogP contribution in [0.1, 0.15) is 18.0 Å². The largest absolute Gasteiger partial charge is 0.508 e. The van der Waals surface area contributed by atoms with Gasteiger partial charge >= 0.3 is 5.97 Å². The van der Waals surface area contributed by atoms with E-state index < -0.39 is 0 Å².